The summed E-state index contributed by atoms with van der Waals surface area (Å²) in [6, 6.07) is 33.4. The number of Topliss-reactive ketones (excluding diaryl/α,β-unsaturated/α-hetero) is 1. The molecule has 31 nitrogen and oxygen atoms in total. The standard InChI is InChI=1S/C28H27FN10O.C28H26FN7O.C19H19FN6.C18H18FN5O/c1-14-9-15(2)24-22(10-14)34-28(40-24)33-21-8-5-17(11-20(21)29)19-12-39(27-23(19)25(30)31-13-32-27)18-6-3-16(4-7-18)26-35-37-38-36-26;1-15-9-16(2)25-23(10-15)35-28(37-25)34-22-8-5-18(11-21(22)29)20-13-36(19-6-3-17(12-30)4-7-19)27-24(20)26(31)32-14-33-27;20-15-7-12(3-6-16(15)22)14-9-26(13-4-1-11(8-21)2-5-13)19-17(14)18(23)24-10-25-19;19-14-7-10(1-6-15(14)20)13-8-24(11-2-4-12(25)5-3-11)18-16(13)17(21)22-9-23-18/h5,8-13,16,18H,3-4,6-7H2,1-2H3,(H,33,34)(H2,30,31,32)(H,35,36,37,38);5,8-11,13-14,17,19H,3-4,6-7H2,1-2H3,(H,34,35)(H2,31,32,33);3,6-7,9-11,13H,1-2,4-5,22H2,(H2,23,24,25);1,6-9,11H,2-5,20H2,(H2,21,22,23). The lowest BCUT2D eigenvalue weighted by molar-refractivity contribution is -0.120. The molecule has 4 fully saturated rings. The van der Waals surface area contributed by atoms with E-state index in [1.807, 2.05) is 93.4 Å². The molecule has 0 unspecified atom stereocenters. The Hall–Kier alpha value is -15.4. The van der Waals surface area contributed by atoms with E-state index in [0.717, 1.165) is 174 Å². The Kier molecular flexibility index (Phi) is 22.8. The zero-order valence-electron chi connectivity index (χ0n) is 70.4. The van der Waals surface area contributed by atoms with E-state index >= 15 is 8.78 Å². The minimum absolute atomic E-state index is 0.0977. The van der Waals surface area contributed by atoms with Gasteiger partial charge in [0.05, 0.1) is 56.4 Å². The molecule has 4 saturated carbocycles. The van der Waals surface area contributed by atoms with Crippen LogP contribution in [0.5, 0.6) is 0 Å². The number of nitrogens with one attached hydrogen (secondary N) is 3. The number of oxazole rings is 2. The molecule has 0 aliphatic heterocycles. The molecule has 35 heteroatoms. The van der Waals surface area contributed by atoms with Crippen LogP contribution in [0.3, 0.4) is 0 Å². The number of tetrazole rings is 1. The second-order valence-corrected chi connectivity index (χ2v) is 33.5. The number of hydrogen-bond acceptors (Lipinski definition) is 26. The molecule has 0 atom stereocenters. The number of nitriles is 2. The van der Waals surface area contributed by atoms with Gasteiger partial charge < -0.3 is 72.1 Å². The minimum Gasteiger partial charge on any atom is -0.423 e. The van der Waals surface area contributed by atoms with Gasteiger partial charge in [-0.25, -0.2) is 57.4 Å². The van der Waals surface area contributed by atoms with Gasteiger partial charge in [-0.3, -0.25) is 4.79 Å². The van der Waals surface area contributed by atoms with Gasteiger partial charge in [-0.15, -0.1) is 10.2 Å². The molecule has 17 aromatic rings. The number of H-pyrrole nitrogens is 1. The van der Waals surface area contributed by atoms with Crippen molar-refractivity contribution in [1.82, 2.24) is 88.7 Å². The summed E-state index contributed by atoms with van der Waals surface area (Å²) in [6.07, 6.45) is 27.1. The van der Waals surface area contributed by atoms with Crippen molar-refractivity contribution >= 4 is 130 Å². The molecule has 4 aliphatic rings. The van der Waals surface area contributed by atoms with Gasteiger partial charge in [0.25, 0.3) is 12.0 Å². The highest BCUT2D eigenvalue weighted by Gasteiger charge is 2.33. The fourth-order valence-corrected chi connectivity index (χ4v) is 18.6. The van der Waals surface area contributed by atoms with Gasteiger partial charge >= 0.3 is 0 Å². The van der Waals surface area contributed by atoms with Gasteiger partial charge in [-0.1, -0.05) is 41.6 Å². The van der Waals surface area contributed by atoms with Crippen LogP contribution in [0.25, 0.3) is 111 Å². The fraction of sp³-hybridized carbons (Fsp3) is 0.290. The highest BCUT2D eigenvalue weighted by Crippen LogP contribution is 2.47. The van der Waals surface area contributed by atoms with E-state index in [-0.39, 0.29) is 76.7 Å². The lowest BCUT2D eigenvalue weighted by Gasteiger charge is -2.28. The number of anilines is 10. The SMILES string of the molecule is Cc1cc(C)c2oc(Nc3ccc(-c4cn(C5CCC(C#N)CC5)c5ncnc(N)c45)cc3F)nc2c1.Cc1cc(C)c2oc(Nc3ccc(-c4cn(C5CCC(c6nn[nH]n6)CC5)c5ncnc(N)c45)cc3F)nc2c1.N#CC1CCC(n2cc(-c3ccc(N)c(F)c3)c3c(N)ncnc32)CC1.Nc1ccc(-c2cn(C3CCC(=O)CC3)c3ncnc(N)c23)cc1F. The van der Waals surface area contributed by atoms with Crippen LogP contribution in [0.1, 0.15) is 161 Å². The average Bonchev–Trinajstić information content (AvgIpc) is 1.62. The topological polar surface area (TPSA) is 474 Å². The van der Waals surface area contributed by atoms with E-state index in [1.54, 1.807) is 30.3 Å². The number of aryl methyl sites for hydroxylation is 4. The van der Waals surface area contributed by atoms with Crippen molar-refractivity contribution in [2.75, 3.05) is 45.0 Å². The number of nitrogens with two attached hydrogens (primary N) is 6. The Balaban J connectivity index is 0.000000118. The number of nitrogen functional groups attached to an aromatic ring is 6. The molecular formula is C93H90F4N28O3. The lowest BCUT2D eigenvalue weighted by Crippen LogP contribution is -2.18. The Labute approximate surface area is 729 Å². The smallest absolute Gasteiger partial charge is 0.300 e. The lowest BCUT2D eigenvalue weighted by atomic mass is 9.85. The second kappa shape index (κ2) is 35.0. The van der Waals surface area contributed by atoms with Crippen molar-refractivity contribution in [3.05, 3.63) is 199 Å². The third-order valence-electron chi connectivity index (χ3n) is 25.1. The van der Waals surface area contributed by atoms with Crippen molar-refractivity contribution in [1.29, 1.82) is 10.5 Å². The normalized spacial score (nSPS) is 17.8. The first-order valence-corrected chi connectivity index (χ1v) is 42.5. The van der Waals surface area contributed by atoms with Gasteiger partial charge in [-0.05, 0) is 223 Å². The van der Waals surface area contributed by atoms with Crippen molar-refractivity contribution in [2.24, 2.45) is 11.8 Å². The number of nitrogens with zero attached hydrogens (tertiary/aromatic N) is 19. The first-order valence-electron chi connectivity index (χ1n) is 42.5. The van der Waals surface area contributed by atoms with E-state index in [2.05, 4.69) is 107 Å². The maximum Gasteiger partial charge on any atom is 0.300 e. The van der Waals surface area contributed by atoms with Gasteiger partial charge in [0.2, 0.25) is 0 Å². The number of rotatable bonds is 13. The van der Waals surface area contributed by atoms with Crippen LogP contribution >= 0.6 is 0 Å². The summed E-state index contributed by atoms with van der Waals surface area (Å²) in [5.41, 5.74) is 52.4. The number of carbonyl (C=O) groups excluding carboxylic acids is 1. The van der Waals surface area contributed by atoms with Gasteiger partial charge in [0, 0.05) is 102 Å². The Bertz CT molecular complexity index is 7180. The van der Waals surface area contributed by atoms with Crippen molar-refractivity contribution in [3.8, 4) is 56.6 Å². The fourth-order valence-electron chi connectivity index (χ4n) is 18.6. The quantitative estimate of drug-likeness (QED) is 0.0382. The number of aromatic nitrogens is 18. The average molecular weight is 1720 g/mol. The monoisotopic (exact) mass is 1720 g/mol. The number of halogens is 4. The predicted molar refractivity (Wildman–Crippen MR) is 482 cm³/mol. The molecule has 128 heavy (non-hydrogen) atoms. The number of hydrogen-bond donors (Lipinski definition) is 9. The summed E-state index contributed by atoms with van der Waals surface area (Å²) in [7, 11) is 0. The van der Waals surface area contributed by atoms with Crippen molar-refractivity contribution < 1.29 is 31.2 Å². The molecule has 0 spiro atoms. The van der Waals surface area contributed by atoms with Crippen LogP contribution < -0.4 is 45.0 Å². The molecule has 11 heterocycles. The van der Waals surface area contributed by atoms with E-state index in [4.69, 9.17) is 48.5 Å². The third kappa shape index (κ3) is 16.5. The van der Waals surface area contributed by atoms with Crippen LogP contribution in [-0.4, -0.2) is 94.5 Å². The maximum atomic E-state index is 15.4. The van der Waals surface area contributed by atoms with Crippen LogP contribution in [0, 0.1) is 85.5 Å². The molecule has 0 bridgehead atoms. The van der Waals surface area contributed by atoms with Crippen LogP contribution in [0.2, 0.25) is 0 Å². The van der Waals surface area contributed by atoms with Crippen LogP contribution in [0.4, 0.5) is 75.6 Å². The maximum absolute atomic E-state index is 15.4. The van der Waals surface area contributed by atoms with Gasteiger partial charge in [0.1, 0.15) is 111 Å². The van der Waals surface area contributed by atoms with Gasteiger partial charge in [-0.2, -0.15) is 25.7 Å². The molecule has 0 amide bonds. The van der Waals surface area contributed by atoms with E-state index in [9.17, 15) is 18.8 Å². The Morgan fingerprint density at radius 2 is 0.758 bits per heavy atom. The highest BCUT2D eigenvalue weighted by molar-refractivity contribution is 6.04. The van der Waals surface area contributed by atoms with Crippen molar-refractivity contribution in [3.63, 3.8) is 0 Å². The molecule has 0 saturated heterocycles. The summed E-state index contributed by atoms with van der Waals surface area (Å²) in [6.45, 7) is 7.92. The molecule has 0 radical (unpaired) electrons. The Morgan fingerprint density at radius 1 is 0.422 bits per heavy atom. The molecule has 11 aromatic heterocycles. The number of aromatic amines is 1. The number of benzene rings is 6. The first-order chi connectivity index (χ1) is 62.0. The Morgan fingerprint density at radius 3 is 1.09 bits per heavy atom. The summed E-state index contributed by atoms with van der Waals surface area (Å²) in [5.74, 6) is 1.16. The number of ketones is 1. The highest BCUT2D eigenvalue weighted by atomic mass is 19.1. The summed E-state index contributed by atoms with van der Waals surface area (Å²) < 4.78 is 78.8. The van der Waals surface area contributed by atoms with Crippen molar-refractivity contribution in [2.45, 2.75) is 161 Å². The predicted octanol–water partition coefficient (Wildman–Crippen LogP) is 19.1. The van der Waals surface area contributed by atoms with Crippen LogP contribution in [0.15, 0.2) is 156 Å². The molecule has 21 rings (SSSR count). The molecular weight excluding hydrogens is 1630 g/mol. The second-order valence-electron chi connectivity index (χ2n) is 33.5. The summed E-state index contributed by atoms with van der Waals surface area (Å²) in [5, 5.41) is 41.7. The first kappa shape index (κ1) is 83.5. The molecule has 4 aliphatic carbocycles. The zero-order valence-corrected chi connectivity index (χ0v) is 70.4. The van der Waals surface area contributed by atoms with E-state index in [0.29, 0.717) is 97.1 Å². The molecule has 648 valence electrons. The van der Waals surface area contributed by atoms with Gasteiger partial charge in [0.15, 0.2) is 17.0 Å². The number of fused-ring (bicyclic) bond motifs is 6. The molecule has 15 N–H and O–H groups in total. The number of carbonyl (C=O) groups is 1. The largest absolute Gasteiger partial charge is 0.423 e. The zero-order chi connectivity index (χ0) is 88.9. The summed E-state index contributed by atoms with van der Waals surface area (Å²) >= 11 is 0. The third-order valence-corrected chi connectivity index (χ3v) is 25.1. The minimum atomic E-state index is -0.475. The van der Waals surface area contributed by atoms with E-state index < -0.39 is 23.3 Å². The van der Waals surface area contributed by atoms with Crippen LogP contribution in [-0.2, 0) is 4.79 Å². The molecule has 6 aromatic carbocycles. The van der Waals surface area contributed by atoms with E-state index in [1.165, 1.54) is 55.6 Å². The summed E-state index contributed by atoms with van der Waals surface area (Å²) in [4.78, 5) is 55.0.